The standard InChI is InChI=1S/C21H29N3O3.HI/c1-22-21(23-13-8-14-26-16-15-25-2)24-17-18-9-6-7-12-20(18)27-19-10-4-3-5-11-19;/h3-7,9-12H,8,13-17H2,1-2H3,(H2,22,23,24);1H. The van der Waals surface area contributed by atoms with E-state index in [4.69, 9.17) is 14.2 Å². The Morgan fingerprint density at radius 1 is 0.929 bits per heavy atom. The first-order valence-corrected chi connectivity index (χ1v) is 9.15. The lowest BCUT2D eigenvalue weighted by atomic mass is 10.2. The zero-order valence-electron chi connectivity index (χ0n) is 16.5. The number of nitrogens with one attached hydrogen (secondary N) is 2. The molecule has 0 aliphatic rings. The summed E-state index contributed by atoms with van der Waals surface area (Å²) < 4.78 is 16.4. The number of hydrogen-bond acceptors (Lipinski definition) is 4. The number of benzene rings is 2. The second kappa shape index (κ2) is 15.1. The third kappa shape index (κ3) is 9.38. The summed E-state index contributed by atoms with van der Waals surface area (Å²) >= 11 is 0. The van der Waals surface area contributed by atoms with Gasteiger partial charge in [-0.1, -0.05) is 36.4 Å². The minimum Gasteiger partial charge on any atom is -0.457 e. The first-order chi connectivity index (χ1) is 13.3. The Kier molecular flexibility index (Phi) is 13.1. The molecule has 0 bridgehead atoms. The van der Waals surface area contributed by atoms with Crippen molar-refractivity contribution >= 4 is 29.9 Å². The number of ether oxygens (including phenoxy) is 3. The summed E-state index contributed by atoms with van der Waals surface area (Å²) in [7, 11) is 3.43. The summed E-state index contributed by atoms with van der Waals surface area (Å²) in [5, 5.41) is 6.61. The van der Waals surface area contributed by atoms with Crippen molar-refractivity contribution < 1.29 is 14.2 Å². The lowest BCUT2D eigenvalue weighted by Gasteiger charge is -2.14. The second-order valence-corrected chi connectivity index (χ2v) is 5.83. The number of methoxy groups -OCH3 is 1. The maximum atomic E-state index is 5.99. The van der Waals surface area contributed by atoms with Crippen LogP contribution in [0, 0.1) is 0 Å². The van der Waals surface area contributed by atoms with E-state index in [1.165, 1.54) is 0 Å². The zero-order valence-corrected chi connectivity index (χ0v) is 18.8. The van der Waals surface area contributed by atoms with Crippen molar-refractivity contribution in [2.75, 3.05) is 40.5 Å². The van der Waals surface area contributed by atoms with Crippen molar-refractivity contribution in [2.24, 2.45) is 4.99 Å². The topological polar surface area (TPSA) is 64.1 Å². The highest BCUT2D eigenvalue weighted by atomic mass is 127. The average Bonchev–Trinajstić information content (AvgIpc) is 2.71. The third-order valence-corrected chi connectivity index (χ3v) is 3.80. The fourth-order valence-electron chi connectivity index (χ4n) is 2.39. The Labute approximate surface area is 184 Å². The Morgan fingerprint density at radius 3 is 2.43 bits per heavy atom. The fraction of sp³-hybridized carbons (Fsp3) is 0.381. The summed E-state index contributed by atoms with van der Waals surface area (Å²) in [6.45, 7) is 3.35. The average molecular weight is 499 g/mol. The van der Waals surface area contributed by atoms with Crippen LogP contribution >= 0.6 is 24.0 Å². The monoisotopic (exact) mass is 499 g/mol. The molecular weight excluding hydrogens is 469 g/mol. The van der Waals surface area contributed by atoms with Crippen LogP contribution in [-0.4, -0.2) is 46.5 Å². The van der Waals surface area contributed by atoms with Crippen LogP contribution in [0.1, 0.15) is 12.0 Å². The normalized spacial score (nSPS) is 10.9. The van der Waals surface area contributed by atoms with Gasteiger partial charge in [-0.15, -0.1) is 24.0 Å². The van der Waals surface area contributed by atoms with E-state index in [1.807, 2.05) is 54.6 Å². The van der Waals surface area contributed by atoms with Crippen molar-refractivity contribution in [1.29, 1.82) is 0 Å². The van der Waals surface area contributed by atoms with Crippen LogP contribution in [-0.2, 0) is 16.0 Å². The molecule has 0 atom stereocenters. The van der Waals surface area contributed by atoms with E-state index in [0.29, 0.717) is 26.4 Å². The molecule has 28 heavy (non-hydrogen) atoms. The molecule has 6 nitrogen and oxygen atoms in total. The molecule has 154 valence electrons. The van der Waals surface area contributed by atoms with Gasteiger partial charge >= 0.3 is 0 Å². The minimum absolute atomic E-state index is 0. The molecule has 0 heterocycles. The Balaban J connectivity index is 0.00000392. The first kappa shape index (κ1) is 24.2. The highest BCUT2D eigenvalue weighted by Crippen LogP contribution is 2.24. The van der Waals surface area contributed by atoms with Crippen molar-refractivity contribution in [3.63, 3.8) is 0 Å². The Hall–Kier alpha value is -1.84. The molecule has 0 aromatic heterocycles. The first-order valence-electron chi connectivity index (χ1n) is 9.15. The number of halogens is 1. The van der Waals surface area contributed by atoms with Gasteiger partial charge in [-0.25, -0.2) is 0 Å². The number of aliphatic imine (C=N–C) groups is 1. The van der Waals surface area contributed by atoms with Crippen LogP contribution in [0.15, 0.2) is 59.6 Å². The predicted molar refractivity (Wildman–Crippen MR) is 124 cm³/mol. The van der Waals surface area contributed by atoms with E-state index < -0.39 is 0 Å². The molecule has 0 saturated heterocycles. The number of nitrogens with zero attached hydrogens (tertiary/aromatic N) is 1. The van der Waals surface area contributed by atoms with Crippen molar-refractivity contribution in [2.45, 2.75) is 13.0 Å². The Bertz CT molecular complexity index is 684. The summed E-state index contributed by atoms with van der Waals surface area (Å²) in [4.78, 5) is 4.26. The van der Waals surface area contributed by atoms with Crippen LogP contribution < -0.4 is 15.4 Å². The lowest BCUT2D eigenvalue weighted by molar-refractivity contribution is 0.0698. The van der Waals surface area contributed by atoms with E-state index >= 15 is 0 Å². The van der Waals surface area contributed by atoms with E-state index in [-0.39, 0.29) is 24.0 Å². The molecule has 0 spiro atoms. The van der Waals surface area contributed by atoms with E-state index in [1.54, 1.807) is 14.2 Å². The van der Waals surface area contributed by atoms with Crippen LogP contribution in [0.2, 0.25) is 0 Å². The molecule has 0 aliphatic carbocycles. The maximum absolute atomic E-state index is 5.99. The van der Waals surface area contributed by atoms with Gasteiger partial charge in [-0.05, 0) is 24.6 Å². The molecule has 2 N–H and O–H groups in total. The molecule has 0 fully saturated rings. The predicted octanol–water partition coefficient (Wildman–Crippen LogP) is 3.82. The number of hydrogen-bond donors (Lipinski definition) is 2. The Morgan fingerprint density at radius 2 is 1.68 bits per heavy atom. The van der Waals surface area contributed by atoms with Gasteiger partial charge in [0.1, 0.15) is 11.5 Å². The summed E-state index contributed by atoms with van der Waals surface area (Å²) in [5.41, 5.74) is 1.06. The summed E-state index contributed by atoms with van der Waals surface area (Å²) in [6, 6.07) is 17.8. The molecule has 7 heteroatoms. The molecule has 0 saturated carbocycles. The molecule has 0 aliphatic heterocycles. The second-order valence-electron chi connectivity index (χ2n) is 5.83. The van der Waals surface area contributed by atoms with Gasteiger partial charge in [0.05, 0.1) is 13.2 Å². The van der Waals surface area contributed by atoms with Crippen LogP contribution in [0.4, 0.5) is 0 Å². The molecule has 2 aromatic rings. The quantitative estimate of drug-likeness (QED) is 0.213. The molecule has 2 aromatic carbocycles. The van der Waals surface area contributed by atoms with Gasteiger partial charge < -0.3 is 24.8 Å². The van der Waals surface area contributed by atoms with E-state index in [9.17, 15) is 0 Å². The SMILES string of the molecule is CN=C(NCCCOCCOC)NCc1ccccc1Oc1ccccc1.I. The van der Waals surface area contributed by atoms with Crippen LogP contribution in [0.5, 0.6) is 11.5 Å². The zero-order chi connectivity index (χ0) is 19.2. The molecular formula is C21H30IN3O3. The molecule has 0 amide bonds. The minimum atomic E-state index is 0. The lowest BCUT2D eigenvalue weighted by Crippen LogP contribution is -2.37. The van der Waals surface area contributed by atoms with Crippen molar-refractivity contribution in [1.82, 2.24) is 10.6 Å². The number of guanidine groups is 1. The van der Waals surface area contributed by atoms with Gasteiger partial charge in [-0.3, -0.25) is 4.99 Å². The highest BCUT2D eigenvalue weighted by molar-refractivity contribution is 14.0. The summed E-state index contributed by atoms with van der Waals surface area (Å²) in [5.74, 6) is 2.40. The smallest absolute Gasteiger partial charge is 0.191 e. The van der Waals surface area contributed by atoms with Gasteiger partial charge in [0.15, 0.2) is 5.96 Å². The van der Waals surface area contributed by atoms with Crippen molar-refractivity contribution in [3.8, 4) is 11.5 Å². The largest absolute Gasteiger partial charge is 0.457 e. The number of rotatable bonds is 11. The fourth-order valence-corrected chi connectivity index (χ4v) is 2.39. The van der Waals surface area contributed by atoms with Gasteiger partial charge in [0.25, 0.3) is 0 Å². The third-order valence-electron chi connectivity index (χ3n) is 3.80. The van der Waals surface area contributed by atoms with E-state index in [0.717, 1.165) is 36.0 Å². The molecule has 2 rings (SSSR count). The molecule has 0 unspecified atom stereocenters. The van der Waals surface area contributed by atoms with Crippen LogP contribution in [0.25, 0.3) is 0 Å². The number of para-hydroxylation sites is 2. The maximum Gasteiger partial charge on any atom is 0.191 e. The van der Waals surface area contributed by atoms with Gasteiger partial charge in [-0.2, -0.15) is 0 Å². The van der Waals surface area contributed by atoms with Gasteiger partial charge in [0, 0.05) is 39.4 Å². The molecule has 0 radical (unpaired) electrons. The summed E-state index contributed by atoms with van der Waals surface area (Å²) in [6.07, 6.45) is 0.901. The highest BCUT2D eigenvalue weighted by Gasteiger charge is 2.05. The van der Waals surface area contributed by atoms with E-state index in [2.05, 4.69) is 15.6 Å². The van der Waals surface area contributed by atoms with Gasteiger partial charge in [0.2, 0.25) is 0 Å². The van der Waals surface area contributed by atoms with Crippen molar-refractivity contribution in [3.05, 3.63) is 60.2 Å². The van der Waals surface area contributed by atoms with Crippen LogP contribution in [0.3, 0.4) is 0 Å².